The summed E-state index contributed by atoms with van der Waals surface area (Å²) in [5, 5.41) is 3.25. The van der Waals surface area contributed by atoms with Gasteiger partial charge in [-0.2, -0.15) is 0 Å². The van der Waals surface area contributed by atoms with Crippen LogP contribution in [0.15, 0.2) is 5.38 Å². The van der Waals surface area contributed by atoms with Gasteiger partial charge < -0.3 is 5.73 Å². The summed E-state index contributed by atoms with van der Waals surface area (Å²) < 4.78 is 0. The maximum absolute atomic E-state index is 5.39. The first-order valence-electron chi connectivity index (χ1n) is 5.64. The summed E-state index contributed by atoms with van der Waals surface area (Å²) in [6, 6.07) is 0. The first kappa shape index (κ1) is 13.2. The molecule has 0 bridgehead atoms. The monoisotopic (exact) mass is 236 g/mol. The second-order valence-corrected chi connectivity index (χ2v) is 5.74. The van der Waals surface area contributed by atoms with Gasteiger partial charge in [-0.25, -0.2) is 4.98 Å². The number of nitrogens with zero attached hydrogens (tertiary/aromatic N) is 1. The van der Waals surface area contributed by atoms with Crippen molar-refractivity contribution in [1.82, 2.24) is 4.98 Å². The fourth-order valence-corrected chi connectivity index (χ4v) is 2.11. The zero-order chi connectivity index (χ0) is 12.0. The Labute approximate surface area is 102 Å². The molecule has 0 aromatic carbocycles. The summed E-state index contributed by atoms with van der Waals surface area (Å²) >= 11 is 1.70. The van der Waals surface area contributed by atoms with Gasteiger partial charge in [0.1, 0.15) is 5.01 Å². The highest BCUT2D eigenvalue weighted by Gasteiger charge is 2.16. The lowest BCUT2D eigenvalue weighted by Crippen LogP contribution is -2.11. The summed E-state index contributed by atoms with van der Waals surface area (Å²) in [6.07, 6.45) is 2.65. The van der Waals surface area contributed by atoms with Crippen LogP contribution in [-0.2, 0) is 11.8 Å². The summed E-state index contributed by atoms with van der Waals surface area (Å²) in [5.41, 5.74) is 6.70. The fourth-order valence-electron chi connectivity index (χ4n) is 1.15. The van der Waals surface area contributed by atoms with Gasteiger partial charge in [0.25, 0.3) is 0 Å². The zero-order valence-corrected chi connectivity index (χ0v) is 11.2. The first-order valence-corrected chi connectivity index (χ1v) is 6.52. The standard InChI is InChI=1S/C13H20N2S/c1-13(2,3)11-10-16-12(15-11)8-6-4-5-7-9-14/h10H,5,7-9,14H2,1-3H3. The van der Waals surface area contributed by atoms with Crippen LogP contribution in [0.5, 0.6) is 0 Å². The van der Waals surface area contributed by atoms with Gasteiger partial charge in [0, 0.05) is 17.2 Å². The molecule has 1 heterocycles. The molecule has 0 radical (unpaired) electrons. The molecule has 0 aliphatic heterocycles. The van der Waals surface area contributed by atoms with Gasteiger partial charge in [-0.3, -0.25) is 0 Å². The topological polar surface area (TPSA) is 38.9 Å². The normalized spacial score (nSPS) is 11.0. The van der Waals surface area contributed by atoms with Gasteiger partial charge in [-0.05, 0) is 13.0 Å². The Hall–Kier alpha value is -0.850. The smallest absolute Gasteiger partial charge is 0.105 e. The van der Waals surface area contributed by atoms with Gasteiger partial charge in [-0.15, -0.1) is 17.3 Å². The van der Waals surface area contributed by atoms with Gasteiger partial charge in [-0.1, -0.05) is 26.7 Å². The van der Waals surface area contributed by atoms with Crippen molar-refractivity contribution >= 4 is 11.3 Å². The second-order valence-electron chi connectivity index (χ2n) is 4.80. The Morgan fingerprint density at radius 3 is 2.69 bits per heavy atom. The van der Waals surface area contributed by atoms with Crippen LogP contribution in [0.3, 0.4) is 0 Å². The third kappa shape index (κ3) is 4.34. The summed E-state index contributed by atoms with van der Waals surface area (Å²) in [6.45, 7) is 7.26. The van der Waals surface area contributed by atoms with Crippen LogP contribution in [0, 0.1) is 11.8 Å². The van der Waals surface area contributed by atoms with E-state index in [1.807, 2.05) is 0 Å². The van der Waals surface area contributed by atoms with Crippen molar-refractivity contribution in [3.8, 4) is 11.8 Å². The number of aromatic nitrogens is 1. The van der Waals surface area contributed by atoms with Crippen molar-refractivity contribution in [3.63, 3.8) is 0 Å². The van der Waals surface area contributed by atoms with E-state index in [0.717, 1.165) is 36.5 Å². The molecule has 2 nitrogen and oxygen atoms in total. The van der Waals surface area contributed by atoms with Crippen molar-refractivity contribution < 1.29 is 0 Å². The Bertz CT molecular complexity index is 377. The molecule has 0 aliphatic carbocycles. The van der Waals surface area contributed by atoms with Crippen LogP contribution in [0.1, 0.15) is 44.3 Å². The van der Waals surface area contributed by atoms with E-state index in [0.29, 0.717) is 0 Å². The number of rotatable bonds is 3. The molecule has 88 valence electrons. The Morgan fingerprint density at radius 2 is 2.12 bits per heavy atom. The van der Waals surface area contributed by atoms with Crippen LogP contribution in [0.2, 0.25) is 0 Å². The first-order chi connectivity index (χ1) is 7.54. The Kier molecular flexibility index (Phi) is 4.98. The molecule has 0 atom stereocenters. The third-order valence-electron chi connectivity index (χ3n) is 2.19. The van der Waals surface area contributed by atoms with E-state index in [9.17, 15) is 0 Å². The van der Waals surface area contributed by atoms with E-state index in [1.54, 1.807) is 11.3 Å². The van der Waals surface area contributed by atoms with E-state index < -0.39 is 0 Å². The number of unbranched alkanes of at least 4 members (excludes halogenated alkanes) is 1. The van der Waals surface area contributed by atoms with Crippen LogP contribution in [0.4, 0.5) is 0 Å². The van der Waals surface area contributed by atoms with Gasteiger partial charge in [0.15, 0.2) is 0 Å². The highest BCUT2D eigenvalue weighted by molar-refractivity contribution is 7.09. The molecule has 0 unspecified atom stereocenters. The number of nitrogens with two attached hydrogens (primary N) is 1. The Balaban J connectivity index is 2.49. The number of hydrogen-bond acceptors (Lipinski definition) is 3. The molecule has 1 rings (SSSR count). The molecule has 0 saturated heterocycles. The third-order valence-corrected chi connectivity index (χ3v) is 3.04. The molecular weight excluding hydrogens is 216 g/mol. The number of hydrogen-bond donors (Lipinski definition) is 1. The van der Waals surface area contributed by atoms with E-state index >= 15 is 0 Å². The molecule has 16 heavy (non-hydrogen) atoms. The molecule has 3 heteroatoms. The minimum absolute atomic E-state index is 0.141. The van der Waals surface area contributed by atoms with Crippen LogP contribution in [-0.4, -0.2) is 11.5 Å². The van der Waals surface area contributed by atoms with Crippen LogP contribution < -0.4 is 5.73 Å². The van der Waals surface area contributed by atoms with Crippen LogP contribution >= 0.6 is 11.3 Å². The van der Waals surface area contributed by atoms with Gasteiger partial charge in [0.2, 0.25) is 0 Å². The minimum atomic E-state index is 0.141. The van der Waals surface area contributed by atoms with E-state index in [-0.39, 0.29) is 5.41 Å². The fraction of sp³-hybridized carbons (Fsp3) is 0.615. The number of thiazole rings is 1. The average Bonchev–Trinajstić information content (AvgIpc) is 2.65. The second kappa shape index (κ2) is 6.03. The molecule has 0 fully saturated rings. The summed E-state index contributed by atoms with van der Waals surface area (Å²) in [4.78, 5) is 4.59. The molecule has 0 saturated carbocycles. The largest absolute Gasteiger partial charge is 0.330 e. The van der Waals surface area contributed by atoms with Gasteiger partial charge in [0.05, 0.1) is 12.1 Å². The molecule has 1 aromatic heterocycles. The van der Waals surface area contributed by atoms with Crippen molar-refractivity contribution in [1.29, 1.82) is 0 Å². The van der Waals surface area contributed by atoms with E-state index in [1.165, 1.54) is 0 Å². The minimum Gasteiger partial charge on any atom is -0.330 e. The maximum atomic E-state index is 5.39. The lowest BCUT2D eigenvalue weighted by atomic mass is 9.93. The molecule has 0 amide bonds. The highest BCUT2D eigenvalue weighted by Crippen LogP contribution is 2.23. The van der Waals surface area contributed by atoms with Gasteiger partial charge >= 0.3 is 0 Å². The maximum Gasteiger partial charge on any atom is 0.105 e. The van der Waals surface area contributed by atoms with E-state index in [4.69, 9.17) is 5.73 Å². The van der Waals surface area contributed by atoms with Crippen LogP contribution in [0.25, 0.3) is 0 Å². The highest BCUT2D eigenvalue weighted by atomic mass is 32.1. The van der Waals surface area contributed by atoms with Crippen molar-refractivity contribution in [3.05, 3.63) is 16.1 Å². The van der Waals surface area contributed by atoms with E-state index in [2.05, 4.69) is 43.0 Å². The SMILES string of the molecule is CC(C)(C)c1csc(CC#CCCCN)n1. The summed E-state index contributed by atoms with van der Waals surface area (Å²) in [5.74, 6) is 6.26. The van der Waals surface area contributed by atoms with Crippen molar-refractivity contribution in [2.45, 2.75) is 45.4 Å². The average molecular weight is 236 g/mol. The molecule has 0 aliphatic rings. The predicted molar refractivity (Wildman–Crippen MR) is 70.6 cm³/mol. The lowest BCUT2D eigenvalue weighted by molar-refractivity contribution is 0.571. The Morgan fingerprint density at radius 1 is 1.38 bits per heavy atom. The van der Waals surface area contributed by atoms with Crippen molar-refractivity contribution in [2.75, 3.05) is 6.54 Å². The summed E-state index contributed by atoms with van der Waals surface area (Å²) in [7, 11) is 0. The molecule has 1 aromatic rings. The molecule has 0 spiro atoms. The molecule has 2 N–H and O–H groups in total. The predicted octanol–water partition coefficient (Wildman–Crippen LogP) is 2.73. The quantitative estimate of drug-likeness (QED) is 0.647. The van der Waals surface area contributed by atoms with Crippen molar-refractivity contribution in [2.24, 2.45) is 5.73 Å². The molecular formula is C13H20N2S. The zero-order valence-electron chi connectivity index (χ0n) is 10.3. The lowest BCUT2D eigenvalue weighted by Gasteiger charge is -2.14.